The molecule has 0 N–H and O–H groups in total. The second-order valence-electron chi connectivity index (χ2n) is 7.16. The van der Waals surface area contributed by atoms with Gasteiger partial charge in [0, 0.05) is 19.8 Å². The Morgan fingerprint density at radius 2 is 1.65 bits per heavy atom. The summed E-state index contributed by atoms with van der Waals surface area (Å²) in [6.45, 7) is 1.84. The van der Waals surface area contributed by atoms with Gasteiger partial charge in [-0.05, 0) is 60.2 Å². The fourth-order valence-corrected chi connectivity index (χ4v) is 4.40. The van der Waals surface area contributed by atoms with Crippen molar-refractivity contribution < 1.29 is 17.9 Å². The van der Waals surface area contributed by atoms with E-state index in [-0.39, 0.29) is 10.6 Å². The van der Waals surface area contributed by atoms with Gasteiger partial charge in [0.15, 0.2) is 5.69 Å². The van der Waals surface area contributed by atoms with Gasteiger partial charge in [-0.2, -0.15) is 5.10 Å². The molecule has 0 aliphatic heterocycles. The number of carbonyl (C=O) groups excluding carboxylic acids is 1. The van der Waals surface area contributed by atoms with Crippen molar-refractivity contribution in [2.45, 2.75) is 11.8 Å². The first-order chi connectivity index (χ1) is 14.8. The normalized spacial score (nSPS) is 11.5. The van der Waals surface area contributed by atoms with E-state index in [0.717, 1.165) is 16.5 Å². The average molecular weight is 436 g/mol. The molecule has 4 rings (SSSR count). The molecule has 0 saturated heterocycles. The van der Waals surface area contributed by atoms with Gasteiger partial charge >= 0.3 is 5.97 Å². The Labute approximate surface area is 180 Å². The summed E-state index contributed by atoms with van der Waals surface area (Å²) in [4.78, 5) is 12.4. The lowest BCUT2D eigenvalue weighted by atomic mass is 10.1. The summed E-state index contributed by atoms with van der Waals surface area (Å²) in [6, 6.07) is 20.5. The predicted octanol–water partition coefficient (Wildman–Crippen LogP) is 3.93. The third-order valence-electron chi connectivity index (χ3n) is 5.11. The lowest BCUT2D eigenvalue weighted by molar-refractivity contribution is 0.0727. The Morgan fingerprint density at radius 3 is 2.29 bits per heavy atom. The van der Waals surface area contributed by atoms with Gasteiger partial charge in [-0.3, -0.25) is 8.99 Å². The van der Waals surface area contributed by atoms with Crippen LogP contribution in [0.3, 0.4) is 0 Å². The van der Waals surface area contributed by atoms with E-state index in [4.69, 9.17) is 4.74 Å². The van der Waals surface area contributed by atoms with Crippen LogP contribution in [0.5, 0.6) is 5.75 Å². The Bertz CT molecular complexity index is 1360. The SMILES string of the molecule is Cc1cc(C(=O)Oc2ccc(N(C)S(=O)(=O)c3ccc4ccccc4c3)cc2)nn1C. The maximum atomic E-state index is 13.1. The summed E-state index contributed by atoms with van der Waals surface area (Å²) in [5.41, 5.74) is 1.49. The molecule has 0 atom stereocenters. The lowest BCUT2D eigenvalue weighted by Gasteiger charge is -2.20. The molecule has 0 bridgehead atoms. The molecule has 0 aliphatic rings. The van der Waals surface area contributed by atoms with Crippen LogP contribution in [0.1, 0.15) is 16.2 Å². The number of fused-ring (bicyclic) bond motifs is 1. The molecule has 0 aliphatic carbocycles. The zero-order valence-electron chi connectivity index (χ0n) is 17.3. The van der Waals surface area contributed by atoms with E-state index in [1.165, 1.54) is 11.4 Å². The van der Waals surface area contributed by atoms with Crippen LogP contribution >= 0.6 is 0 Å². The molecule has 8 heteroatoms. The molecule has 1 aromatic heterocycles. The van der Waals surface area contributed by atoms with E-state index in [9.17, 15) is 13.2 Å². The summed E-state index contributed by atoms with van der Waals surface area (Å²) in [5, 5.41) is 5.92. The number of nitrogens with zero attached hydrogens (tertiary/aromatic N) is 3. The van der Waals surface area contributed by atoms with Gasteiger partial charge in [0.05, 0.1) is 10.6 Å². The van der Waals surface area contributed by atoms with Crippen molar-refractivity contribution in [3.05, 3.63) is 84.2 Å². The lowest BCUT2D eigenvalue weighted by Crippen LogP contribution is -2.26. The third kappa shape index (κ3) is 4.02. The van der Waals surface area contributed by atoms with E-state index in [1.807, 2.05) is 31.2 Å². The first kappa shape index (κ1) is 20.6. The van der Waals surface area contributed by atoms with Crippen LogP contribution in [-0.2, 0) is 17.1 Å². The molecular formula is C23H21N3O4S. The second-order valence-corrected chi connectivity index (χ2v) is 9.13. The van der Waals surface area contributed by atoms with Crippen molar-refractivity contribution in [2.24, 2.45) is 7.05 Å². The van der Waals surface area contributed by atoms with Gasteiger partial charge < -0.3 is 4.74 Å². The zero-order valence-corrected chi connectivity index (χ0v) is 18.1. The van der Waals surface area contributed by atoms with Crippen molar-refractivity contribution in [3.8, 4) is 5.75 Å². The minimum Gasteiger partial charge on any atom is -0.422 e. The van der Waals surface area contributed by atoms with Crippen LogP contribution in [0.4, 0.5) is 5.69 Å². The highest BCUT2D eigenvalue weighted by Gasteiger charge is 2.22. The fraction of sp³-hybridized carbons (Fsp3) is 0.130. The number of anilines is 1. The van der Waals surface area contributed by atoms with E-state index < -0.39 is 16.0 Å². The molecule has 0 saturated carbocycles. The van der Waals surface area contributed by atoms with Gasteiger partial charge in [-0.1, -0.05) is 30.3 Å². The Balaban J connectivity index is 1.54. The highest BCUT2D eigenvalue weighted by Crippen LogP contribution is 2.26. The summed E-state index contributed by atoms with van der Waals surface area (Å²) in [7, 11) is -0.520. The Morgan fingerprint density at radius 1 is 0.968 bits per heavy atom. The van der Waals surface area contributed by atoms with Crippen molar-refractivity contribution in [1.82, 2.24) is 9.78 Å². The molecular weight excluding hydrogens is 414 g/mol. The highest BCUT2D eigenvalue weighted by molar-refractivity contribution is 7.92. The van der Waals surface area contributed by atoms with E-state index in [1.54, 1.807) is 60.3 Å². The topological polar surface area (TPSA) is 81.5 Å². The molecule has 0 fully saturated rings. The number of aromatic nitrogens is 2. The van der Waals surface area contributed by atoms with Gasteiger partial charge in [-0.25, -0.2) is 13.2 Å². The predicted molar refractivity (Wildman–Crippen MR) is 119 cm³/mol. The van der Waals surface area contributed by atoms with Crippen LogP contribution < -0.4 is 9.04 Å². The van der Waals surface area contributed by atoms with Gasteiger partial charge in [-0.15, -0.1) is 0 Å². The van der Waals surface area contributed by atoms with E-state index >= 15 is 0 Å². The standard InChI is InChI=1S/C23H21N3O4S/c1-16-14-22(24-25(16)2)23(27)30-20-11-9-19(10-12-20)26(3)31(28,29)21-13-8-17-6-4-5-7-18(17)15-21/h4-15H,1-3H3. The number of rotatable bonds is 5. The van der Waals surface area contributed by atoms with Crippen molar-refractivity contribution in [3.63, 3.8) is 0 Å². The average Bonchev–Trinajstić information content (AvgIpc) is 3.12. The van der Waals surface area contributed by atoms with Crippen molar-refractivity contribution in [2.75, 3.05) is 11.4 Å². The van der Waals surface area contributed by atoms with E-state index in [2.05, 4.69) is 5.10 Å². The molecule has 3 aromatic carbocycles. The summed E-state index contributed by atoms with van der Waals surface area (Å²) in [5.74, 6) is -0.276. The maximum absolute atomic E-state index is 13.1. The molecule has 0 spiro atoms. The number of benzene rings is 3. The number of ether oxygens (including phenoxy) is 1. The Kier molecular flexibility index (Phi) is 5.24. The van der Waals surface area contributed by atoms with Gasteiger partial charge in [0.1, 0.15) is 5.75 Å². The van der Waals surface area contributed by atoms with Crippen LogP contribution in [0.25, 0.3) is 10.8 Å². The molecule has 0 unspecified atom stereocenters. The number of hydrogen-bond acceptors (Lipinski definition) is 5. The smallest absolute Gasteiger partial charge is 0.364 e. The quantitative estimate of drug-likeness (QED) is 0.351. The Hall–Kier alpha value is -3.65. The summed E-state index contributed by atoms with van der Waals surface area (Å²) in [6.07, 6.45) is 0. The van der Waals surface area contributed by atoms with E-state index in [0.29, 0.717) is 11.4 Å². The second kappa shape index (κ2) is 7.88. The first-order valence-electron chi connectivity index (χ1n) is 9.56. The minimum absolute atomic E-state index is 0.203. The minimum atomic E-state index is -3.75. The maximum Gasteiger partial charge on any atom is 0.364 e. The molecule has 4 aromatic rings. The van der Waals surface area contributed by atoms with Crippen LogP contribution in [0.2, 0.25) is 0 Å². The molecule has 0 radical (unpaired) electrons. The first-order valence-corrected chi connectivity index (χ1v) is 11.0. The molecule has 7 nitrogen and oxygen atoms in total. The largest absolute Gasteiger partial charge is 0.422 e. The number of hydrogen-bond donors (Lipinski definition) is 0. The summed E-state index contributed by atoms with van der Waals surface area (Å²) >= 11 is 0. The zero-order chi connectivity index (χ0) is 22.2. The molecule has 31 heavy (non-hydrogen) atoms. The number of aryl methyl sites for hydroxylation is 2. The van der Waals surface area contributed by atoms with Crippen LogP contribution in [0.15, 0.2) is 77.7 Å². The van der Waals surface area contributed by atoms with Crippen molar-refractivity contribution in [1.29, 1.82) is 0 Å². The molecule has 158 valence electrons. The number of esters is 1. The monoisotopic (exact) mass is 435 g/mol. The number of carbonyl (C=O) groups is 1. The van der Waals surface area contributed by atoms with Gasteiger partial charge in [0.2, 0.25) is 0 Å². The molecule has 1 heterocycles. The van der Waals surface area contributed by atoms with Gasteiger partial charge in [0.25, 0.3) is 10.0 Å². The van der Waals surface area contributed by atoms with Crippen molar-refractivity contribution >= 4 is 32.5 Å². The summed E-state index contributed by atoms with van der Waals surface area (Å²) < 4.78 is 34.3. The fourth-order valence-electron chi connectivity index (χ4n) is 3.17. The highest BCUT2D eigenvalue weighted by atomic mass is 32.2. The van der Waals surface area contributed by atoms with Crippen LogP contribution in [-0.4, -0.2) is 31.2 Å². The number of sulfonamides is 1. The third-order valence-corrected chi connectivity index (χ3v) is 6.89. The van der Waals surface area contributed by atoms with Crippen LogP contribution in [0, 0.1) is 6.92 Å². The molecule has 0 amide bonds.